The van der Waals surface area contributed by atoms with Crippen molar-refractivity contribution in [3.05, 3.63) is 21.9 Å². The molecule has 1 fully saturated rings. The third kappa shape index (κ3) is 4.30. The van der Waals surface area contributed by atoms with Crippen molar-refractivity contribution < 1.29 is 4.79 Å². The van der Waals surface area contributed by atoms with Crippen LogP contribution in [0, 0.1) is 5.92 Å². The number of hydrogen-bond acceptors (Lipinski definition) is 4. The van der Waals surface area contributed by atoms with Crippen molar-refractivity contribution >= 4 is 17.2 Å². The fourth-order valence-electron chi connectivity index (χ4n) is 2.81. The molecule has 0 radical (unpaired) electrons. The van der Waals surface area contributed by atoms with Crippen molar-refractivity contribution in [3.8, 4) is 0 Å². The average molecular weight is 295 g/mol. The summed E-state index contributed by atoms with van der Waals surface area (Å²) in [6, 6.07) is 2.30. The van der Waals surface area contributed by atoms with Gasteiger partial charge in [0.25, 0.3) is 0 Å². The SMILES string of the molecule is CN(C)Cc1csc(CN(C)C[C@H]2CC(=O)N(C)C2)c1. The van der Waals surface area contributed by atoms with Gasteiger partial charge in [0.1, 0.15) is 0 Å². The standard InChI is InChI=1S/C15H25N3OS/c1-16(2)7-13-5-14(20-11-13)10-17(3)8-12-6-15(19)18(4)9-12/h5,11-12H,6-10H2,1-4H3/t12-/m1/s1. The van der Waals surface area contributed by atoms with Gasteiger partial charge in [-0.2, -0.15) is 0 Å². The van der Waals surface area contributed by atoms with Gasteiger partial charge in [-0.1, -0.05) is 0 Å². The number of nitrogens with zero attached hydrogens (tertiary/aromatic N) is 3. The van der Waals surface area contributed by atoms with E-state index >= 15 is 0 Å². The monoisotopic (exact) mass is 295 g/mol. The molecule has 0 spiro atoms. The van der Waals surface area contributed by atoms with Gasteiger partial charge in [-0.3, -0.25) is 4.79 Å². The van der Waals surface area contributed by atoms with Gasteiger partial charge in [0, 0.05) is 44.5 Å². The molecule has 0 aliphatic carbocycles. The largest absolute Gasteiger partial charge is 0.345 e. The topological polar surface area (TPSA) is 26.8 Å². The first-order chi connectivity index (χ1) is 9.44. The first-order valence-electron chi connectivity index (χ1n) is 7.07. The number of amides is 1. The Morgan fingerprint density at radius 2 is 2.10 bits per heavy atom. The molecule has 0 aromatic carbocycles. The highest BCUT2D eigenvalue weighted by Crippen LogP contribution is 2.20. The van der Waals surface area contributed by atoms with Gasteiger partial charge in [0.15, 0.2) is 0 Å². The molecule has 1 saturated heterocycles. The van der Waals surface area contributed by atoms with E-state index in [2.05, 4.69) is 42.4 Å². The minimum atomic E-state index is 0.285. The molecule has 0 unspecified atom stereocenters. The van der Waals surface area contributed by atoms with E-state index in [0.29, 0.717) is 12.3 Å². The fraction of sp³-hybridized carbons (Fsp3) is 0.667. The van der Waals surface area contributed by atoms with Gasteiger partial charge in [-0.15, -0.1) is 11.3 Å². The number of rotatable bonds is 6. The van der Waals surface area contributed by atoms with Gasteiger partial charge in [-0.05, 0) is 44.1 Å². The van der Waals surface area contributed by atoms with Crippen LogP contribution in [-0.4, -0.2) is 61.9 Å². The molecular formula is C15H25N3OS. The van der Waals surface area contributed by atoms with Crippen LogP contribution in [0.1, 0.15) is 16.9 Å². The Kier molecular flexibility index (Phi) is 5.18. The van der Waals surface area contributed by atoms with Gasteiger partial charge >= 0.3 is 0 Å². The molecule has 2 heterocycles. The van der Waals surface area contributed by atoms with Crippen LogP contribution in [0.5, 0.6) is 0 Å². The Bertz CT molecular complexity index is 458. The molecule has 1 amide bonds. The molecule has 1 aromatic rings. The maximum atomic E-state index is 11.5. The molecule has 0 N–H and O–H groups in total. The van der Waals surface area contributed by atoms with Crippen molar-refractivity contribution in [2.24, 2.45) is 5.92 Å². The summed E-state index contributed by atoms with van der Waals surface area (Å²) in [5.74, 6) is 0.770. The number of carbonyl (C=O) groups excluding carboxylic acids is 1. The van der Waals surface area contributed by atoms with Crippen molar-refractivity contribution in [3.63, 3.8) is 0 Å². The van der Waals surface area contributed by atoms with Crippen molar-refractivity contribution in [1.29, 1.82) is 0 Å². The highest BCUT2D eigenvalue weighted by Gasteiger charge is 2.27. The second kappa shape index (κ2) is 6.70. The Labute approximate surface area is 126 Å². The van der Waals surface area contributed by atoms with Crippen LogP contribution < -0.4 is 0 Å². The predicted octanol–water partition coefficient (Wildman–Crippen LogP) is 1.72. The van der Waals surface area contributed by atoms with Crippen LogP contribution in [0.3, 0.4) is 0 Å². The Morgan fingerprint density at radius 1 is 1.35 bits per heavy atom. The number of hydrogen-bond donors (Lipinski definition) is 0. The number of thiophene rings is 1. The summed E-state index contributed by atoms with van der Waals surface area (Å²) in [5, 5.41) is 2.25. The molecule has 112 valence electrons. The van der Waals surface area contributed by atoms with E-state index in [1.54, 1.807) is 0 Å². The van der Waals surface area contributed by atoms with Gasteiger partial charge in [-0.25, -0.2) is 0 Å². The summed E-state index contributed by atoms with van der Waals surface area (Å²) in [7, 11) is 8.23. The molecule has 2 rings (SSSR count). The molecular weight excluding hydrogens is 270 g/mol. The normalized spacial score (nSPS) is 19.6. The Morgan fingerprint density at radius 3 is 2.70 bits per heavy atom. The van der Waals surface area contributed by atoms with Gasteiger partial charge in [0.2, 0.25) is 5.91 Å². The zero-order valence-corrected chi connectivity index (χ0v) is 13.7. The zero-order valence-electron chi connectivity index (χ0n) is 12.9. The maximum absolute atomic E-state index is 11.5. The van der Waals surface area contributed by atoms with Crippen molar-refractivity contribution in [2.75, 3.05) is 41.3 Å². The lowest BCUT2D eigenvalue weighted by molar-refractivity contribution is -0.126. The molecule has 20 heavy (non-hydrogen) atoms. The lowest BCUT2D eigenvalue weighted by Crippen LogP contribution is -2.26. The van der Waals surface area contributed by atoms with Crippen LogP contribution >= 0.6 is 11.3 Å². The average Bonchev–Trinajstić information content (AvgIpc) is 2.86. The van der Waals surface area contributed by atoms with E-state index in [-0.39, 0.29) is 5.91 Å². The quantitative estimate of drug-likeness (QED) is 0.799. The van der Waals surface area contributed by atoms with Crippen molar-refractivity contribution in [1.82, 2.24) is 14.7 Å². The van der Waals surface area contributed by atoms with Crippen LogP contribution in [0.25, 0.3) is 0 Å². The maximum Gasteiger partial charge on any atom is 0.222 e. The minimum Gasteiger partial charge on any atom is -0.345 e. The number of carbonyl (C=O) groups is 1. The lowest BCUT2D eigenvalue weighted by Gasteiger charge is -2.19. The minimum absolute atomic E-state index is 0.285. The first-order valence-corrected chi connectivity index (χ1v) is 7.95. The molecule has 4 nitrogen and oxygen atoms in total. The summed E-state index contributed by atoms with van der Waals surface area (Å²) < 4.78 is 0. The van der Waals surface area contributed by atoms with E-state index < -0.39 is 0 Å². The smallest absolute Gasteiger partial charge is 0.222 e. The summed E-state index contributed by atoms with van der Waals surface area (Å²) >= 11 is 1.83. The summed E-state index contributed by atoms with van der Waals surface area (Å²) in [6.45, 7) is 3.88. The lowest BCUT2D eigenvalue weighted by atomic mass is 10.1. The van der Waals surface area contributed by atoms with Crippen LogP contribution in [0.15, 0.2) is 11.4 Å². The Balaban J connectivity index is 1.81. The third-order valence-corrected chi connectivity index (χ3v) is 4.59. The highest BCUT2D eigenvalue weighted by atomic mass is 32.1. The van der Waals surface area contributed by atoms with E-state index in [9.17, 15) is 4.79 Å². The summed E-state index contributed by atoms with van der Waals surface area (Å²) in [6.07, 6.45) is 0.706. The second-order valence-electron chi connectivity index (χ2n) is 6.20. The molecule has 1 aliphatic heterocycles. The molecule has 0 bridgehead atoms. The van der Waals surface area contributed by atoms with Gasteiger partial charge < -0.3 is 14.7 Å². The second-order valence-corrected chi connectivity index (χ2v) is 7.20. The van der Waals surface area contributed by atoms with E-state index in [1.165, 1.54) is 10.4 Å². The highest BCUT2D eigenvalue weighted by molar-refractivity contribution is 7.10. The summed E-state index contributed by atoms with van der Waals surface area (Å²) in [5.41, 5.74) is 1.39. The summed E-state index contributed by atoms with van der Waals surface area (Å²) in [4.78, 5) is 19.3. The fourth-order valence-corrected chi connectivity index (χ4v) is 3.77. The third-order valence-electron chi connectivity index (χ3n) is 3.62. The predicted molar refractivity (Wildman–Crippen MR) is 83.8 cm³/mol. The first kappa shape index (κ1) is 15.5. The molecule has 0 saturated carbocycles. The molecule has 1 aromatic heterocycles. The van der Waals surface area contributed by atoms with Crippen molar-refractivity contribution in [2.45, 2.75) is 19.5 Å². The zero-order chi connectivity index (χ0) is 14.7. The Hall–Kier alpha value is -0.910. The molecule has 1 atom stereocenters. The van der Waals surface area contributed by atoms with E-state index in [0.717, 1.165) is 26.2 Å². The van der Waals surface area contributed by atoms with E-state index in [1.807, 2.05) is 23.3 Å². The van der Waals surface area contributed by atoms with Gasteiger partial charge in [0.05, 0.1) is 0 Å². The molecule has 1 aliphatic rings. The van der Waals surface area contributed by atoms with Crippen LogP contribution in [0.2, 0.25) is 0 Å². The van der Waals surface area contributed by atoms with Crippen LogP contribution in [-0.2, 0) is 17.9 Å². The number of likely N-dealkylation sites (tertiary alicyclic amines) is 1. The van der Waals surface area contributed by atoms with E-state index in [4.69, 9.17) is 0 Å². The molecule has 5 heteroatoms. The van der Waals surface area contributed by atoms with Crippen LogP contribution in [0.4, 0.5) is 0 Å².